The molecule has 0 saturated heterocycles. The van der Waals surface area contributed by atoms with E-state index in [9.17, 15) is 14.4 Å². The minimum absolute atomic E-state index is 0.0476. The van der Waals surface area contributed by atoms with Gasteiger partial charge in [0.05, 0.1) is 45.2 Å². The smallest absolute Gasteiger partial charge is 0.261 e. The number of ether oxygens (including phenoxy) is 1. The third-order valence-corrected chi connectivity index (χ3v) is 6.28. The summed E-state index contributed by atoms with van der Waals surface area (Å²) in [6, 6.07) is 14.7. The van der Waals surface area contributed by atoms with Crippen molar-refractivity contribution in [3.05, 3.63) is 86.4 Å². The minimum atomic E-state index is -0.550. The van der Waals surface area contributed by atoms with E-state index in [1.807, 2.05) is 23.6 Å². The Morgan fingerprint density at radius 3 is 2.58 bits per heavy atom. The van der Waals surface area contributed by atoms with Crippen LogP contribution in [0.1, 0.15) is 46.2 Å². The summed E-state index contributed by atoms with van der Waals surface area (Å²) in [5, 5.41) is 9.11. The van der Waals surface area contributed by atoms with E-state index in [-0.39, 0.29) is 17.0 Å². The number of nitrogens with zero attached hydrogens (tertiary/aromatic N) is 3. The van der Waals surface area contributed by atoms with Crippen LogP contribution in [-0.4, -0.2) is 24.2 Å². The van der Waals surface area contributed by atoms with Gasteiger partial charge in [-0.3, -0.25) is 9.69 Å². The molecule has 0 spiro atoms. The molecule has 5 nitrogen and oxygen atoms in total. The highest BCUT2D eigenvalue weighted by Crippen LogP contribution is 2.45. The van der Waals surface area contributed by atoms with Gasteiger partial charge >= 0.3 is 0 Å². The Morgan fingerprint density at radius 1 is 1.26 bits per heavy atom. The second-order valence-corrected chi connectivity index (χ2v) is 8.57. The standard InChI is InChI=1S/C23H18BrClFN3O2/c1-13(12-31-2)28-20(24)10-17-22(28)21(15-5-3-14(11-27)4-6-15)29(23(17)30)16-7-8-19(26)18(25)9-16/h3-10,13,21H,12H2,1-2H3/t13-,21?/m1/s1. The van der Waals surface area contributed by atoms with Gasteiger partial charge in [0.15, 0.2) is 0 Å². The molecule has 2 heterocycles. The van der Waals surface area contributed by atoms with E-state index >= 15 is 0 Å². The highest BCUT2D eigenvalue weighted by molar-refractivity contribution is 9.10. The van der Waals surface area contributed by atoms with Gasteiger partial charge in [0, 0.05) is 12.8 Å². The highest BCUT2D eigenvalue weighted by Gasteiger charge is 2.43. The van der Waals surface area contributed by atoms with E-state index in [0.717, 1.165) is 15.9 Å². The monoisotopic (exact) mass is 501 g/mol. The lowest BCUT2D eigenvalue weighted by Crippen LogP contribution is -2.30. The molecule has 1 unspecified atom stereocenters. The van der Waals surface area contributed by atoms with Crippen LogP contribution in [0.25, 0.3) is 0 Å². The molecule has 4 rings (SSSR count). The van der Waals surface area contributed by atoms with Gasteiger partial charge in [-0.1, -0.05) is 23.7 Å². The molecule has 8 heteroatoms. The molecule has 3 aromatic rings. The molecule has 1 aliphatic rings. The number of carbonyl (C=O) groups is 1. The predicted molar refractivity (Wildman–Crippen MR) is 120 cm³/mol. The Bertz CT molecular complexity index is 1200. The quantitative estimate of drug-likeness (QED) is 0.438. The van der Waals surface area contributed by atoms with Gasteiger partial charge in [0.25, 0.3) is 5.91 Å². The number of rotatable bonds is 5. The molecule has 1 aliphatic heterocycles. The van der Waals surface area contributed by atoms with Crippen molar-refractivity contribution in [3.8, 4) is 6.07 Å². The average Bonchev–Trinajstić information content (AvgIpc) is 3.23. The Labute approximate surface area is 192 Å². The number of fused-ring (bicyclic) bond motifs is 1. The van der Waals surface area contributed by atoms with E-state index in [2.05, 4.69) is 22.0 Å². The maximum Gasteiger partial charge on any atom is 0.261 e. The predicted octanol–water partition coefficient (Wildman–Crippen LogP) is 5.87. The number of halogens is 3. The minimum Gasteiger partial charge on any atom is -0.383 e. The summed E-state index contributed by atoms with van der Waals surface area (Å²) in [7, 11) is 1.63. The van der Waals surface area contributed by atoms with E-state index in [4.69, 9.17) is 16.3 Å². The fourth-order valence-corrected chi connectivity index (χ4v) is 4.98. The van der Waals surface area contributed by atoms with Gasteiger partial charge in [-0.05, 0) is 64.8 Å². The topological polar surface area (TPSA) is 58.3 Å². The zero-order chi connectivity index (χ0) is 22.3. The lowest BCUT2D eigenvalue weighted by atomic mass is 10.0. The zero-order valence-corrected chi connectivity index (χ0v) is 19.1. The van der Waals surface area contributed by atoms with E-state index < -0.39 is 11.9 Å². The Balaban J connectivity index is 1.93. The third-order valence-electron chi connectivity index (χ3n) is 5.38. The van der Waals surface area contributed by atoms with Crippen molar-refractivity contribution in [3.63, 3.8) is 0 Å². The molecule has 0 saturated carbocycles. The molecule has 0 N–H and O–H groups in total. The molecule has 0 radical (unpaired) electrons. The molecule has 0 fully saturated rings. The first-order chi connectivity index (χ1) is 14.9. The maximum atomic E-state index is 13.8. The van der Waals surface area contributed by atoms with Crippen molar-refractivity contribution in [2.75, 3.05) is 18.6 Å². The lowest BCUT2D eigenvalue weighted by Gasteiger charge is -2.29. The molecule has 31 heavy (non-hydrogen) atoms. The van der Waals surface area contributed by atoms with Crippen LogP contribution in [-0.2, 0) is 4.74 Å². The second kappa shape index (κ2) is 8.46. The van der Waals surface area contributed by atoms with Crippen molar-refractivity contribution in [2.24, 2.45) is 0 Å². The van der Waals surface area contributed by atoms with E-state index in [1.165, 1.54) is 12.1 Å². The fraction of sp³-hybridized carbons (Fsp3) is 0.217. The zero-order valence-electron chi connectivity index (χ0n) is 16.8. The molecular formula is C23H18BrClFN3O2. The first kappa shape index (κ1) is 21.6. The molecule has 2 aromatic carbocycles. The van der Waals surface area contributed by atoms with Gasteiger partial charge in [-0.15, -0.1) is 0 Å². The number of hydrogen-bond acceptors (Lipinski definition) is 3. The van der Waals surface area contributed by atoms with Crippen molar-refractivity contribution in [1.82, 2.24) is 4.57 Å². The molecule has 1 amide bonds. The largest absolute Gasteiger partial charge is 0.383 e. The Morgan fingerprint density at radius 2 is 1.97 bits per heavy atom. The summed E-state index contributed by atoms with van der Waals surface area (Å²) in [5.41, 5.74) is 3.18. The number of benzene rings is 2. The van der Waals surface area contributed by atoms with Gasteiger partial charge < -0.3 is 9.30 Å². The summed E-state index contributed by atoms with van der Waals surface area (Å²) in [6.07, 6.45) is 0. The first-order valence-corrected chi connectivity index (χ1v) is 10.7. The number of nitriles is 1. The second-order valence-electron chi connectivity index (χ2n) is 7.35. The summed E-state index contributed by atoms with van der Waals surface area (Å²) in [4.78, 5) is 15.1. The molecular weight excluding hydrogens is 485 g/mol. The van der Waals surface area contributed by atoms with Gasteiger partial charge in [-0.2, -0.15) is 5.26 Å². The van der Waals surface area contributed by atoms with Crippen LogP contribution in [0.5, 0.6) is 0 Å². The SMILES string of the molecule is COC[C@@H](C)n1c(Br)cc2c1C(c1ccc(C#N)cc1)N(c1ccc(F)c(Cl)c1)C2=O. The van der Waals surface area contributed by atoms with Crippen molar-refractivity contribution < 1.29 is 13.9 Å². The van der Waals surface area contributed by atoms with Crippen LogP contribution in [0.4, 0.5) is 10.1 Å². The molecule has 158 valence electrons. The average molecular weight is 503 g/mol. The molecule has 0 aliphatic carbocycles. The normalized spacial score (nSPS) is 16.3. The van der Waals surface area contributed by atoms with E-state index in [1.54, 1.807) is 36.3 Å². The lowest BCUT2D eigenvalue weighted by molar-refractivity contribution is 0.0993. The molecule has 2 atom stereocenters. The first-order valence-electron chi connectivity index (χ1n) is 9.55. The number of anilines is 1. The van der Waals surface area contributed by atoms with Crippen LogP contribution in [0.15, 0.2) is 53.1 Å². The van der Waals surface area contributed by atoms with Crippen LogP contribution >= 0.6 is 27.5 Å². The number of carbonyl (C=O) groups excluding carboxylic acids is 1. The van der Waals surface area contributed by atoms with Gasteiger partial charge in [0.1, 0.15) is 11.9 Å². The van der Waals surface area contributed by atoms with Crippen LogP contribution in [0.3, 0.4) is 0 Å². The maximum absolute atomic E-state index is 13.8. The van der Waals surface area contributed by atoms with E-state index in [0.29, 0.717) is 23.4 Å². The number of methoxy groups -OCH3 is 1. The van der Waals surface area contributed by atoms with Gasteiger partial charge in [0.2, 0.25) is 0 Å². The third kappa shape index (κ3) is 3.65. The number of amides is 1. The number of aromatic nitrogens is 1. The highest BCUT2D eigenvalue weighted by atomic mass is 79.9. The van der Waals surface area contributed by atoms with Crippen LogP contribution in [0, 0.1) is 17.1 Å². The van der Waals surface area contributed by atoms with Crippen LogP contribution in [0.2, 0.25) is 5.02 Å². The summed E-state index contributed by atoms with van der Waals surface area (Å²) < 4.78 is 22.0. The fourth-order valence-electron chi connectivity index (χ4n) is 4.04. The summed E-state index contributed by atoms with van der Waals surface area (Å²) in [5.74, 6) is -0.762. The Hall–Kier alpha value is -2.66. The summed E-state index contributed by atoms with van der Waals surface area (Å²) >= 11 is 9.61. The number of hydrogen-bond donors (Lipinski definition) is 0. The van der Waals surface area contributed by atoms with Gasteiger partial charge in [-0.25, -0.2) is 4.39 Å². The van der Waals surface area contributed by atoms with Crippen molar-refractivity contribution >= 4 is 39.1 Å². The van der Waals surface area contributed by atoms with Crippen molar-refractivity contribution in [1.29, 1.82) is 5.26 Å². The van der Waals surface area contributed by atoms with Crippen molar-refractivity contribution in [2.45, 2.75) is 19.0 Å². The molecule has 1 aromatic heterocycles. The summed E-state index contributed by atoms with van der Waals surface area (Å²) in [6.45, 7) is 2.46. The Kier molecular flexibility index (Phi) is 5.89. The van der Waals surface area contributed by atoms with Crippen LogP contribution < -0.4 is 4.90 Å². The molecule has 0 bridgehead atoms.